The van der Waals surface area contributed by atoms with Gasteiger partial charge in [0.05, 0.1) is 30.2 Å². The van der Waals surface area contributed by atoms with E-state index in [0.29, 0.717) is 17.7 Å². The third kappa shape index (κ3) is 3.77. The van der Waals surface area contributed by atoms with Crippen LogP contribution in [0.5, 0.6) is 0 Å². The van der Waals surface area contributed by atoms with Crippen molar-refractivity contribution in [3.05, 3.63) is 47.3 Å². The fourth-order valence-electron chi connectivity index (χ4n) is 2.97. The van der Waals surface area contributed by atoms with Crippen LogP contribution in [0, 0.1) is 6.92 Å². The van der Waals surface area contributed by atoms with Crippen LogP contribution in [0.3, 0.4) is 0 Å². The molecule has 9 heteroatoms. The number of carbonyl (C=O) groups excluding carboxylic acids is 2. The first kappa shape index (κ1) is 18.1. The number of methoxy groups -OCH3 is 1. The zero-order valence-corrected chi connectivity index (χ0v) is 15.2. The van der Waals surface area contributed by atoms with Gasteiger partial charge in [-0.2, -0.15) is 5.10 Å². The smallest absolute Gasteiger partial charge is 0.337 e. The van der Waals surface area contributed by atoms with Crippen molar-refractivity contribution in [3.63, 3.8) is 0 Å². The SMILES string of the molecule is COC(=O)c1cccc(NC(=O)c2cc(C)n(C3CCS(=O)(=O)C3)n2)c1. The molecule has 1 aromatic heterocycles. The molecular weight excluding hydrogens is 358 g/mol. The first-order chi connectivity index (χ1) is 12.3. The van der Waals surface area contributed by atoms with Crippen molar-refractivity contribution in [2.24, 2.45) is 0 Å². The van der Waals surface area contributed by atoms with Gasteiger partial charge < -0.3 is 10.1 Å². The molecule has 2 aromatic rings. The first-order valence-corrected chi connectivity index (χ1v) is 9.87. The van der Waals surface area contributed by atoms with Crippen molar-refractivity contribution in [1.29, 1.82) is 0 Å². The molecule has 1 amide bonds. The van der Waals surface area contributed by atoms with Crippen LogP contribution in [0.1, 0.15) is 39.0 Å². The van der Waals surface area contributed by atoms with Crippen LogP contribution in [-0.2, 0) is 14.6 Å². The molecule has 138 valence electrons. The van der Waals surface area contributed by atoms with E-state index in [9.17, 15) is 18.0 Å². The second kappa shape index (κ2) is 6.91. The van der Waals surface area contributed by atoms with Gasteiger partial charge in [0.1, 0.15) is 0 Å². The molecular formula is C17H19N3O5S. The maximum atomic E-state index is 12.5. The lowest BCUT2D eigenvalue weighted by Gasteiger charge is -2.10. The van der Waals surface area contributed by atoms with E-state index in [-0.39, 0.29) is 23.2 Å². The lowest BCUT2D eigenvalue weighted by atomic mass is 10.2. The van der Waals surface area contributed by atoms with Crippen molar-refractivity contribution >= 4 is 27.4 Å². The Bertz CT molecular complexity index is 965. The summed E-state index contributed by atoms with van der Waals surface area (Å²) in [5.74, 6) is -0.755. The molecule has 0 saturated carbocycles. The monoisotopic (exact) mass is 377 g/mol. The molecule has 26 heavy (non-hydrogen) atoms. The van der Waals surface area contributed by atoms with Crippen molar-refractivity contribution in [2.45, 2.75) is 19.4 Å². The molecule has 1 unspecified atom stereocenters. The van der Waals surface area contributed by atoms with Crippen LogP contribution >= 0.6 is 0 Å². The molecule has 8 nitrogen and oxygen atoms in total. The topological polar surface area (TPSA) is 107 Å². The average molecular weight is 377 g/mol. The normalized spacial score (nSPS) is 18.5. The number of esters is 1. The lowest BCUT2D eigenvalue weighted by molar-refractivity contribution is 0.0600. The van der Waals surface area contributed by atoms with Gasteiger partial charge >= 0.3 is 5.97 Å². The van der Waals surface area contributed by atoms with Crippen LogP contribution in [0.4, 0.5) is 5.69 Å². The Kier molecular flexibility index (Phi) is 4.82. The van der Waals surface area contributed by atoms with Crippen LogP contribution in [-0.4, -0.2) is 48.7 Å². The highest BCUT2D eigenvalue weighted by molar-refractivity contribution is 7.91. The van der Waals surface area contributed by atoms with Gasteiger partial charge in [-0.3, -0.25) is 9.48 Å². The van der Waals surface area contributed by atoms with Gasteiger partial charge in [-0.05, 0) is 37.6 Å². The van der Waals surface area contributed by atoms with Crippen LogP contribution in [0.25, 0.3) is 0 Å². The molecule has 1 aliphatic rings. The number of aryl methyl sites for hydroxylation is 1. The highest BCUT2D eigenvalue weighted by Crippen LogP contribution is 2.25. The molecule has 0 aliphatic carbocycles. The second-order valence-electron chi connectivity index (χ2n) is 6.20. The maximum absolute atomic E-state index is 12.5. The summed E-state index contributed by atoms with van der Waals surface area (Å²) in [7, 11) is -1.76. The third-order valence-corrected chi connectivity index (χ3v) is 6.00. The first-order valence-electron chi connectivity index (χ1n) is 8.05. The van der Waals surface area contributed by atoms with Crippen molar-refractivity contribution in [1.82, 2.24) is 9.78 Å². The van der Waals surface area contributed by atoms with Crippen LogP contribution < -0.4 is 5.32 Å². The number of carbonyl (C=O) groups is 2. The van der Waals surface area contributed by atoms with E-state index in [2.05, 4.69) is 15.2 Å². The molecule has 0 radical (unpaired) electrons. The molecule has 1 aliphatic heterocycles. The summed E-state index contributed by atoms with van der Waals surface area (Å²) in [6.07, 6.45) is 0.493. The van der Waals surface area contributed by atoms with Crippen molar-refractivity contribution in [3.8, 4) is 0 Å². The predicted molar refractivity (Wildman–Crippen MR) is 95.0 cm³/mol. The molecule has 1 aromatic carbocycles. The molecule has 1 fully saturated rings. The third-order valence-electron chi connectivity index (χ3n) is 4.25. The molecule has 1 atom stereocenters. The quantitative estimate of drug-likeness (QED) is 0.811. The van der Waals surface area contributed by atoms with Crippen LogP contribution in [0.15, 0.2) is 30.3 Å². The molecule has 3 rings (SSSR count). The number of aromatic nitrogens is 2. The Hall–Kier alpha value is -2.68. The van der Waals surface area contributed by atoms with Crippen LogP contribution in [0.2, 0.25) is 0 Å². The largest absolute Gasteiger partial charge is 0.465 e. The number of rotatable bonds is 4. The minimum Gasteiger partial charge on any atom is -0.465 e. The van der Waals surface area contributed by atoms with Crippen molar-refractivity contribution in [2.75, 3.05) is 23.9 Å². The number of hydrogen-bond acceptors (Lipinski definition) is 6. The number of sulfone groups is 1. The zero-order chi connectivity index (χ0) is 18.9. The fraction of sp³-hybridized carbons (Fsp3) is 0.353. The minimum absolute atomic E-state index is 0.0394. The second-order valence-corrected chi connectivity index (χ2v) is 8.43. The van der Waals surface area contributed by atoms with E-state index in [1.54, 1.807) is 35.9 Å². The molecule has 1 N–H and O–H groups in total. The maximum Gasteiger partial charge on any atom is 0.337 e. The van der Waals surface area contributed by atoms with Gasteiger partial charge in [0, 0.05) is 11.4 Å². The number of anilines is 1. The number of amides is 1. The summed E-state index contributed by atoms with van der Waals surface area (Å²) in [6, 6.07) is 7.75. The molecule has 0 bridgehead atoms. The van der Waals surface area contributed by atoms with Gasteiger partial charge in [0.15, 0.2) is 15.5 Å². The molecule has 2 heterocycles. The number of ether oxygens (including phenoxy) is 1. The fourth-order valence-corrected chi connectivity index (χ4v) is 4.67. The standard InChI is InChI=1S/C17H19N3O5S/c1-11-8-15(19-20(11)14-6-7-26(23,24)10-14)16(21)18-13-5-3-4-12(9-13)17(22)25-2/h3-5,8-9,14H,6-7,10H2,1-2H3,(H,18,21). The van der Waals surface area contributed by atoms with E-state index in [0.717, 1.165) is 5.69 Å². The Morgan fingerprint density at radius 1 is 1.31 bits per heavy atom. The summed E-state index contributed by atoms with van der Waals surface area (Å²) >= 11 is 0. The van der Waals surface area contributed by atoms with Gasteiger partial charge in [-0.15, -0.1) is 0 Å². The Morgan fingerprint density at radius 2 is 2.08 bits per heavy atom. The van der Waals surface area contributed by atoms with Gasteiger partial charge in [0.2, 0.25) is 0 Å². The number of benzene rings is 1. The van der Waals surface area contributed by atoms with E-state index < -0.39 is 21.7 Å². The Morgan fingerprint density at radius 3 is 2.73 bits per heavy atom. The molecule has 0 spiro atoms. The number of hydrogen-bond donors (Lipinski definition) is 1. The summed E-state index contributed by atoms with van der Waals surface area (Å²) in [6.45, 7) is 1.78. The number of nitrogens with one attached hydrogen (secondary N) is 1. The van der Waals surface area contributed by atoms with E-state index >= 15 is 0 Å². The highest BCUT2D eigenvalue weighted by Gasteiger charge is 2.31. The zero-order valence-electron chi connectivity index (χ0n) is 14.4. The van der Waals surface area contributed by atoms with E-state index in [1.807, 2.05) is 0 Å². The summed E-state index contributed by atoms with van der Waals surface area (Å²) in [4.78, 5) is 24.0. The van der Waals surface area contributed by atoms with E-state index in [4.69, 9.17) is 0 Å². The van der Waals surface area contributed by atoms with Gasteiger partial charge in [-0.1, -0.05) is 6.07 Å². The number of nitrogens with zero attached hydrogens (tertiary/aromatic N) is 2. The van der Waals surface area contributed by atoms with Crippen molar-refractivity contribution < 1.29 is 22.7 Å². The highest BCUT2D eigenvalue weighted by atomic mass is 32.2. The Balaban J connectivity index is 1.77. The Labute approximate surface area is 151 Å². The van der Waals surface area contributed by atoms with E-state index in [1.165, 1.54) is 13.2 Å². The minimum atomic E-state index is -3.04. The van der Waals surface area contributed by atoms with Gasteiger partial charge in [-0.25, -0.2) is 13.2 Å². The summed E-state index contributed by atoms with van der Waals surface area (Å²) in [5.41, 5.74) is 1.67. The summed E-state index contributed by atoms with van der Waals surface area (Å²) < 4.78 is 29.6. The lowest BCUT2D eigenvalue weighted by Crippen LogP contribution is -2.16. The average Bonchev–Trinajstić information content (AvgIpc) is 3.16. The molecule has 1 saturated heterocycles. The summed E-state index contributed by atoms with van der Waals surface area (Å²) in [5, 5.41) is 6.96. The predicted octanol–water partition coefficient (Wildman–Crippen LogP) is 1.59. The van der Waals surface area contributed by atoms with Gasteiger partial charge in [0.25, 0.3) is 5.91 Å².